The zero-order chi connectivity index (χ0) is 18.2. The fourth-order valence-electron chi connectivity index (χ4n) is 2.74. The van der Waals surface area contributed by atoms with Crippen molar-refractivity contribution >= 4 is 5.91 Å². The number of carbonyl (C=O) groups excluding carboxylic acids is 1. The van der Waals surface area contributed by atoms with Gasteiger partial charge in [-0.25, -0.2) is 4.39 Å². The summed E-state index contributed by atoms with van der Waals surface area (Å²) in [6, 6.07) is 16.9. The van der Waals surface area contributed by atoms with Gasteiger partial charge in [0.2, 0.25) is 5.91 Å². The zero-order valence-corrected chi connectivity index (χ0v) is 15.3. The molecule has 0 unspecified atom stereocenters. The first-order valence-corrected chi connectivity index (χ1v) is 8.79. The number of carbonyl (C=O) groups is 1. The average molecular weight is 342 g/mol. The number of amides is 1. The highest BCUT2D eigenvalue weighted by Gasteiger charge is 2.19. The van der Waals surface area contributed by atoms with Gasteiger partial charge in [0.1, 0.15) is 5.82 Å². The highest BCUT2D eigenvalue weighted by molar-refractivity contribution is 5.78. The van der Waals surface area contributed by atoms with Crippen molar-refractivity contribution in [1.29, 1.82) is 0 Å². The maximum absolute atomic E-state index is 13.4. The summed E-state index contributed by atoms with van der Waals surface area (Å²) >= 11 is 0. The van der Waals surface area contributed by atoms with E-state index in [0.717, 1.165) is 12.1 Å². The summed E-state index contributed by atoms with van der Waals surface area (Å²) < 4.78 is 13.4. The van der Waals surface area contributed by atoms with Crippen LogP contribution >= 0.6 is 0 Å². The molecule has 2 aromatic rings. The van der Waals surface area contributed by atoms with Crippen molar-refractivity contribution in [2.75, 3.05) is 13.1 Å². The lowest BCUT2D eigenvalue weighted by Crippen LogP contribution is -2.42. The lowest BCUT2D eigenvalue weighted by atomic mass is 10.1. The Hall–Kier alpha value is -2.20. The van der Waals surface area contributed by atoms with Crippen molar-refractivity contribution in [3.8, 4) is 0 Å². The van der Waals surface area contributed by atoms with Crippen molar-refractivity contribution in [2.24, 2.45) is 0 Å². The van der Waals surface area contributed by atoms with Crippen LogP contribution in [0, 0.1) is 5.82 Å². The predicted molar refractivity (Wildman–Crippen MR) is 99.5 cm³/mol. The first-order valence-electron chi connectivity index (χ1n) is 8.79. The van der Waals surface area contributed by atoms with Crippen LogP contribution in [0.25, 0.3) is 0 Å². The summed E-state index contributed by atoms with van der Waals surface area (Å²) in [4.78, 5) is 16.7. The lowest BCUT2D eigenvalue weighted by Gasteiger charge is -2.29. The Morgan fingerprint density at radius 3 is 2.28 bits per heavy atom. The molecule has 134 valence electrons. The second kappa shape index (κ2) is 9.33. The van der Waals surface area contributed by atoms with Gasteiger partial charge in [-0.1, -0.05) is 42.5 Å². The van der Waals surface area contributed by atoms with Crippen LogP contribution in [0.5, 0.6) is 0 Å². The molecular weight excluding hydrogens is 315 g/mol. The number of rotatable bonds is 8. The van der Waals surface area contributed by atoms with Crippen molar-refractivity contribution in [1.82, 2.24) is 9.80 Å². The molecule has 1 amide bonds. The van der Waals surface area contributed by atoms with E-state index in [1.54, 1.807) is 11.0 Å². The molecule has 0 fully saturated rings. The smallest absolute Gasteiger partial charge is 0.237 e. The first-order chi connectivity index (χ1) is 12.0. The maximum atomic E-state index is 13.4. The van der Waals surface area contributed by atoms with E-state index < -0.39 is 0 Å². The largest absolute Gasteiger partial charge is 0.338 e. The lowest BCUT2D eigenvalue weighted by molar-refractivity contribution is -0.133. The fourth-order valence-corrected chi connectivity index (χ4v) is 2.74. The molecule has 0 aliphatic rings. The summed E-state index contributed by atoms with van der Waals surface area (Å²) in [5.41, 5.74) is 2.01. The number of likely N-dealkylation sites (N-methyl/N-ethyl adjacent to an activating group) is 1. The van der Waals surface area contributed by atoms with Gasteiger partial charge in [-0.15, -0.1) is 0 Å². The van der Waals surface area contributed by atoms with Crippen LogP contribution in [0.3, 0.4) is 0 Å². The molecule has 0 bridgehead atoms. The Balaban J connectivity index is 2.02. The third-order valence-corrected chi connectivity index (χ3v) is 4.29. The Labute approximate surface area is 150 Å². The highest BCUT2D eigenvalue weighted by atomic mass is 19.1. The van der Waals surface area contributed by atoms with Gasteiger partial charge in [0.05, 0.1) is 6.54 Å². The van der Waals surface area contributed by atoms with Crippen LogP contribution in [0.4, 0.5) is 4.39 Å². The molecule has 0 saturated carbocycles. The summed E-state index contributed by atoms with van der Waals surface area (Å²) in [5, 5.41) is 0. The number of nitrogens with zero attached hydrogens (tertiary/aromatic N) is 2. The molecule has 3 nitrogen and oxygen atoms in total. The molecule has 2 aromatic carbocycles. The highest BCUT2D eigenvalue weighted by Crippen LogP contribution is 2.11. The molecule has 0 radical (unpaired) electrons. The third kappa shape index (κ3) is 5.98. The Morgan fingerprint density at radius 2 is 1.68 bits per heavy atom. The van der Waals surface area contributed by atoms with Gasteiger partial charge in [0, 0.05) is 25.7 Å². The van der Waals surface area contributed by atoms with E-state index in [1.807, 2.05) is 31.2 Å². The minimum Gasteiger partial charge on any atom is -0.338 e. The van der Waals surface area contributed by atoms with E-state index in [4.69, 9.17) is 0 Å². The van der Waals surface area contributed by atoms with Crippen molar-refractivity contribution in [2.45, 2.75) is 39.9 Å². The van der Waals surface area contributed by atoms with Crippen molar-refractivity contribution < 1.29 is 9.18 Å². The third-order valence-electron chi connectivity index (χ3n) is 4.29. The molecule has 4 heteroatoms. The minimum atomic E-state index is -0.270. The van der Waals surface area contributed by atoms with Crippen molar-refractivity contribution in [3.63, 3.8) is 0 Å². The number of halogens is 1. The molecule has 0 N–H and O–H groups in total. The standard InChI is InChI=1S/C21H27FN2O/c1-4-23(15-19-11-8-12-20(22)13-19)21(25)16-24(17(2)3)14-18-9-6-5-7-10-18/h5-13,17H,4,14-16H2,1-3H3. The van der Waals surface area contributed by atoms with Gasteiger partial charge in [-0.05, 0) is 44.0 Å². The van der Waals surface area contributed by atoms with Gasteiger partial charge < -0.3 is 4.90 Å². The fraction of sp³-hybridized carbons (Fsp3) is 0.381. The van der Waals surface area contributed by atoms with Crippen LogP contribution in [-0.2, 0) is 17.9 Å². The molecule has 0 aliphatic heterocycles. The van der Waals surface area contributed by atoms with E-state index in [9.17, 15) is 9.18 Å². The topological polar surface area (TPSA) is 23.6 Å². The zero-order valence-electron chi connectivity index (χ0n) is 15.3. The van der Waals surface area contributed by atoms with E-state index in [0.29, 0.717) is 19.6 Å². The SMILES string of the molecule is CCN(Cc1cccc(F)c1)C(=O)CN(Cc1ccccc1)C(C)C. The molecule has 2 rings (SSSR count). The van der Waals surface area contributed by atoms with Gasteiger partial charge in [-0.3, -0.25) is 9.69 Å². The summed E-state index contributed by atoms with van der Waals surface area (Å²) in [5.74, 6) is -0.203. The summed E-state index contributed by atoms with van der Waals surface area (Å²) in [6.07, 6.45) is 0. The average Bonchev–Trinajstić information content (AvgIpc) is 2.60. The van der Waals surface area contributed by atoms with E-state index in [1.165, 1.54) is 17.7 Å². The number of hydrogen-bond acceptors (Lipinski definition) is 2. The first kappa shape index (κ1) is 19.1. The Kier molecular flexibility index (Phi) is 7.14. The Morgan fingerprint density at radius 1 is 1.00 bits per heavy atom. The quantitative estimate of drug-likeness (QED) is 0.721. The number of benzene rings is 2. The summed E-state index contributed by atoms with van der Waals surface area (Å²) in [7, 11) is 0. The van der Waals surface area contributed by atoms with E-state index in [2.05, 4.69) is 30.9 Å². The second-order valence-electron chi connectivity index (χ2n) is 6.52. The molecule has 0 aromatic heterocycles. The van der Waals surface area contributed by atoms with Gasteiger partial charge >= 0.3 is 0 Å². The maximum Gasteiger partial charge on any atom is 0.237 e. The van der Waals surface area contributed by atoms with Crippen LogP contribution < -0.4 is 0 Å². The molecule has 0 atom stereocenters. The van der Waals surface area contributed by atoms with Crippen LogP contribution in [0.15, 0.2) is 54.6 Å². The molecule has 0 aliphatic carbocycles. The monoisotopic (exact) mass is 342 g/mol. The van der Waals surface area contributed by atoms with Gasteiger partial charge in [0.25, 0.3) is 0 Å². The minimum absolute atomic E-state index is 0.0661. The van der Waals surface area contributed by atoms with Crippen LogP contribution in [0.1, 0.15) is 31.9 Å². The Bertz CT molecular complexity index is 673. The molecular formula is C21H27FN2O. The van der Waals surface area contributed by atoms with E-state index >= 15 is 0 Å². The van der Waals surface area contributed by atoms with Crippen LogP contribution in [0.2, 0.25) is 0 Å². The predicted octanol–water partition coefficient (Wildman–Crippen LogP) is 4.08. The van der Waals surface area contributed by atoms with Crippen LogP contribution in [-0.4, -0.2) is 34.8 Å². The normalized spacial score (nSPS) is 11.1. The second-order valence-corrected chi connectivity index (χ2v) is 6.52. The molecule has 0 heterocycles. The molecule has 0 saturated heterocycles. The van der Waals surface area contributed by atoms with Crippen molar-refractivity contribution in [3.05, 3.63) is 71.5 Å². The molecule has 25 heavy (non-hydrogen) atoms. The van der Waals surface area contributed by atoms with E-state index in [-0.39, 0.29) is 17.8 Å². The summed E-state index contributed by atoms with van der Waals surface area (Å²) in [6.45, 7) is 8.28. The number of hydrogen-bond donors (Lipinski definition) is 0. The van der Waals surface area contributed by atoms with Gasteiger partial charge in [0.15, 0.2) is 0 Å². The molecule has 0 spiro atoms. The van der Waals surface area contributed by atoms with Gasteiger partial charge in [-0.2, -0.15) is 0 Å².